The zero-order chi connectivity index (χ0) is 19.3. The largest absolute Gasteiger partial charge is 0.353 e. The predicted molar refractivity (Wildman–Crippen MR) is 104 cm³/mol. The average molecular weight is 395 g/mol. The summed E-state index contributed by atoms with van der Waals surface area (Å²) < 4.78 is 12.1. The van der Waals surface area contributed by atoms with E-state index in [1.165, 1.54) is 0 Å². The van der Waals surface area contributed by atoms with Crippen molar-refractivity contribution in [1.82, 2.24) is 20.2 Å². The molecule has 0 unspecified atom stereocenters. The Morgan fingerprint density at radius 3 is 2.54 bits per heavy atom. The number of nitrogens with two attached hydrogens (primary N) is 1. The Morgan fingerprint density at radius 2 is 1.86 bits per heavy atom. The van der Waals surface area contributed by atoms with Gasteiger partial charge >= 0.3 is 0 Å². The van der Waals surface area contributed by atoms with Crippen LogP contribution in [0.2, 0.25) is 0 Å². The summed E-state index contributed by atoms with van der Waals surface area (Å²) in [5.41, 5.74) is 4.10. The Morgan fingerprint density at radius 1 is 1.07 bits per heavy atom. The molecule has 4 rings (SSSR count). The van der Waals surface area contributed by atoms with Gasteiger partial charge in [-0.3, -0.25) is 4.68 Å². The molecule has 9 heteroatoms. The van der Waals surface area contributed by atoms with Gasteiger partial charge in [0, 0.05) is 17.0 Å². The van der Waals surface area contributed by atoms with Crippen molar-refractivity contribution in [3.8, 4) is 33.8 Å². The van der Waals surface area contributed by atoms with Gasteiger partial charge in [0.05, 0.1) is 23.8 Å². The third kappa shape index (κ3) is 3.69. The highest BCUT2D eigenvalue weighted by molar-refractivity contribution is 7.94. The van der Waals surface area contributed by atoms with Crippen molar-refractivity contribution in [3.05, 3.63) is 60.8 Å². The number of nitrogens with zero attached hydrogens (tertiary/aromatic N) is 4. The highest BCUT2D eigenvalue weighted by atomic mass is 32.2. The van der Waals surface area contributed by atoms with E-state index in [2.05, 4.69) is 20.5 Å². The lowest BCUT2D eigenvalue weighted by Gasteiger charge is -2.05. The van der Waals surface area contributed by atoms with E-state index in [0.717, 1.165) is 45.9 Å². The molecule has 2 aromatic carbocycles. The molecule has 0 saturated heterocycles. The Kier molecular flexibility index (Phi) is 5.49. The third-order valence-electron chi connectivity index (χ3n) is 4.15. The molecule has 0 aliphatic heterocycles. The quantitative estimate of drug-likeness (QED) is 0.283. The second kappa shape index (κ2) is 8.36. The molecule has 0 aliphatic carbocycles. The van der Waals surface area contributed by atoms with Crippen LogP contribution < -0.4 is 5.90 Å². The van der Waals surface area contributed by atoms with E-state index >= 15 is 0 Å². The van der Waals surface area contributed by atoms with Crippen molar-refractivity contribution in [2.24, 2.45) is 5.90 Å². The first-order chi connectivity index (χ1) is 13.8. The summed E-state index contributed by atoms with van der Waals surface area (Å²) in [4.78, 5) is 4.97. The molecule has 0 spiro atoms. The molecule has 2 aromatic heterocycles. The number of aryl methyl sites for hydroxylation is 1. The molecule has 8 nitrogen and oxygen atoms in total. The van der Waals surface area contributed by atoms with Gasteiger partial charge in [-0.1, -0.05) is 52.8 Å². The molecule has 0 saturated carbocycles. The minimum atomic E-state index is 0.570. The maximum Gasteiger partial charge on any atom is 0.197 e. The van der Waals surface area contributed by atoms with Crippen LogP contribution in [0, 0.1) is 0 Å². The Labute approximate surface area is 165 Å². The summed E-state index contributed by atoms with van der Waals surface area (Å²) in [6, 6.07) is 17.6. The van der Waals surface area contributed by atoms with Crippen molar-refractivity contribution in [1.29, 1.82) is 0 Å². The number of rotatable bonds is 7. The van der Waals surface area contributed by atoms with Crippen LogP contribution in [0.15, 0.2) is 70.2 Å². The first-order valence-electron chi connectivity index (χ1n) is 8.56. The maximum atomic E-state index is 5.71. The summed E-state index contributed by atoms with van der Waals surface area (Å²) in [7, 11) is 0. The summed E-state index contributed by atoms with van der Waals surface area (Å²) in [5.74, 6) is 5.46. The topological polar surface area (TPSA) is 101 Å². The van der Waals surface area contributed by atoms with Gasteiger partial charge < -0.3 is 4.52 Å². The highest BCUT2D eigenvalue weighted by Gasteiger charge is 2.22. The highest BCUT2D eigenvalue weighted by Crippen LogP contribution is 2.39. The van der Waals surface area contributed by atoms with Crippen LogP contribution in [0.3, 0.4) is 0 Å². The van der Waals surface area contributed by atoms with E-state index in [0.29, 0.717) is 11.5 Å². The molecule has 0 amide bonds. The third-order valence-corrected chi connectivity index (χ3v) is 4.76. The lowest BCUT2D eigenvalue weighted by atomic mass is 9.98. The first kappa shape index (κ1) is 18.4. The van der Waals surface area contributed by atoms with E-state index in [1.807, 2.05) is 67.7 Å². The number of hydrogen-bond donors (Lipinski definition) is 1. The van der Waals surface area contributed by atoms with E-state index < -0.39 is 0 Å². The van der Waals surface area contributed by atoms with Crippen molar-refractivity contribution in [3.63, 3.8) is 0 Å². The van der Waals surface area contributed by atoms with E-state index in [4.69, 9.17) is 14.8 Å². The fourth-order valence-corrected chi connectivity index (χ4v) is 3.18. The SMILES string of the molecule is CCn1cc(-c2onc(-c3ccccc3)c2-c2ccc(SOON)cc2)nn1. The molecule has 4 aromatic rings. The fraction of sp³-hybridized carbons (Fsp3) is 0.105. The standard InChI is InChI=1S/C19H17N5O3S/c1-2-24-12-16(21-23-24)19-17(13-8-10-15(11-9-13)28-27-26-20)18(22-25-19)14-6-4-3-5-7-14/h3-12H,2,20H2,1H3. The fourth-order valence-electron chi connectivity index (χ4n) is 2.82. The molecule has 28 heavy (non-hydrogen) atoms. The molecular weight excluding hydrogens is 378 g/mol. The molecule has 0 fully saturated rings. The lowest BCUT2D eigenvalue weighted by Crippen LogP contribution is -1.93. The summed E-state index contributed by atoms with van der Waals surface area (Å²) in [5, 5.41) is 12.7. The van der Waals surface area contributed by atoms with Gasteiger partial charge in [-0.2, -0.15) is 5.90 Å². The number of hydrogen-bond acceptors (Lipinski definition) is 8. The van der Waals surface area contributed by atoms with Gasteiger partial charge in [0.25, 0.3) is 0 Å². The maximum absolute atomic E-state index is 5.71. The van der Waals surface area contributed by atoms with Gasteiger partial charge in [0.15, 0.2) is 11.5 Å². The van der Waals surface area contributed by atoms with Gasteiger partial charge in [-0.05, 0) is 24.6 Å². The van der Waals surface area contributed by atoms with Crippen LogP contribution in [0.1, 0.15) is 6.92 Å². The Hall–Kier alpha value is -2.98. The van der Waals surface area contributed by atoms with Crippen LogP contribution in [-0.4, -0.2) is 20.2 Å². The predicted octanol–water partition coefficient (Wildman–Crippen LogP) is 4.12. The van der Waals surface area contributed by atoms with Gasteiger partial charge in [-0.25, -0.2) is 0 Å². The minimum Gasteiger partial charge on any atom is -0.353 e. The van der Waals surface area contributed by atoms with Gasteiger partial charge in [0.1, 0.15) is 5.69 Å². The summed E-state index contributed by atoms with van der Waals surface area (Å²) in [6.45, 7) is 2.72. The lowest BCUT2D eigenvalue weighted by molar-refractivity contribution is -0.195. The molecular formula is C19H17N5O3S. The first-order valence-corrected chi connectivity index (χ1v) is 9.30. The van der Waals surface area contributed by atoms with Crippen LogP contribution >= 0.6 is 12.0 Å². The van der Waals surface area contributed by atoms with Crippen LogP contribution in [0.25, 0.3) is 33.8 Å². The number of benzene rings is 2. The van der Waals surface area contributed by atoms with Crippen LogP contribution in [0.4, 0.5) is 0 Å². The summed E-state index contributed by atoms with van der Waals surface area (Å²) in [6.07, 6.45) is 1.84. The molecule has 142 valence electrons. The monoisotopic (exact) mass is 395 g/mol. The molecule has 0 aliphatic rings. The van der Waals surface area contributed by atoms with Gasteiger partial charge in [0.2, 0.25) is 0 Å². The Bertz CT molecular complexity index is 1050. The Balaban J connectivity index is 1.81. The second-order valence-electron chi connectivity index (χ2n) is 5.83. The average Bonchev–Trinajstić information content (AvgIpc) is 3.40. The van der Waals surface area contributed by atoms with Crippen molar-refractivity contribution < 1.29 is 13.8 Å². The van der Waals surface area contributed by atoms with Crippen molar-refractivity contribution in [2.45, 2.75) is 18.4 Å². The van der Waals surface area contributed by atoms with E-state index in [9.17, 15) is 0 Å². The van der Waals surface area contributed by atoms with Gasteiger partial charge in [-0.15, -0.1) is 14.4 Å². The summed E-state index contributed by atoms with van der Waals surface area (Å²) >= 11 is 1.02. The molecule has 0 radical (unpaired) electrons. The second-order valence-corrected chi connectivity index (χ2v) is 6.61. The normalized spacial score (nSPS) is 11.1. The molecule has 2 heterocycles. The smallest absolute Gasteiger partial charge is 0.197 e. The minimum absolute atomic E-state index is 0.570. The van der Waals surface area contributed by atoms with Crippen molar-refractivity contribution in [2.75, 3.05) is 0 Å². The molecule has 2 N–H and O–H groups in total. The van der Waals surface area contributed by atoms with Crippen LogP contribution in [0.5, 0.6) is 0 Å². The molecule has 0 bridgehead atoms. The zero-order valence-electron chi connectivity index (χ0n) is 15.0. The van der Waals surface area contributed by atoms with Crippen LogP contribution in [-0.2, 0) is 15.9 Å². The zero-order valence-corrected chi connectivity index (χ0v) is 15.8. The molecule has 0 atom stereocenters. The van der Waals surface area contributed by atoms with Crippen molar-refractivity contribution >= 4 is 12.0 Å². The van der Waals surface area contributed by atoms with E-state index in [-0.39, 0.29) is 0 Å². The number of aromatic nitrogens is 4. The van der Waals surface area contributed by atoms with E-state index in [1.54, 1.807) is 4.68 Å².